The topological polar surface area (TPSA) is 60.4 Å². The number of hydrogen-bond donors (Lipinski definition) is 0. The lowest BCUT2D eigenvalue weighted by Crippen LogP contribution is -2.24. The zero-order valence-corrected chi connectivity index (χ0v) is 14.2. The van der Waals surface area contributed by atoms with Crippen molar-refractivity contribution in [3.8, 4) is 0 Å². The van der Waals surface area contributed by atoms with Gasteiger partial charge in [0, 0.05) is 15.2 Å². The monoisotopic (exact) mass is 388 g/mol. The van der Waals surface area contributed by atoms with Crippen molar-refractivity contribution < 1.29 is 17.9 Å². The van der Waals surface area contributed by atoms with Gasteiger partial charge in [0.25, 0.3) is 9.05 Å². The molecule has 106 valence electrons. The van der Waals surface area contributed by atoms with E-state index in [0.717, 1.165) is 6.07 Å². The summed E-state index contributed by atoms with van der Waals surface area (Å²) in [5.41, 5.74) is -0.771. The predicted octanol–water partition coefficient (Wildman–Crippen LogP) is 3.99. The third-order valence-electron chi connectivity index (χ3n) is 1.90. The number of carbonyl (C=O) groups is 1. The Bertz CT molecular complexity index is 620. The van der Waals surface area contributed by atoms with E-state index in [1.165, 1.54) is 6.07 Å². The summed E-state index contributed by atoms with van der Waals surface area (Å²) in [5.74, 6) is -0.716. The molecule has 1 rings (SSSR count). The van der Waals surface area contributed by atoms with Gasteiger partial charge in [0.15, 0.2) is 0 Å². The van der Waals surface area contributed by atoms with E-state index in [4.69, 9.17) is 27.0 Å². The fraction of sp³-hybridized carbons (Fsp3) is 0.364. The van der Waals surface area contributed by atoms with Crippen molar-refractivity contribution in [3.05, 3.63) is 27.2 Å². The largest absolute Gasteiger partial charge is 0.456 e. The maximum atomic E-state index is 11.9. The van der Waals surface area contributed by atoms with Gasteiger partial charge in [0.2, 0.25) is 0 Å². The van der Waals surface area contributed by atoms with Crippen molar-refractivity contribution in [1.82, 2.24) is 0 Å². The molecule has 0 saturated heterocycles. The number of halogens is 3. The predicted molar refractivity (Wildman–Crippen MR) is 77.4 cm³/mol. The summed E-state index contributed by atoms with van der Waals surface area (Å²) in [6.07, 6.45) is 0. The summed E-state index contributed by atoms with van der Waals surface area (Å²) in [5, 5.41) is 0.0743. The van der Waals surface area contributed by atoms with Crippen molar-refractivity contribution in [3.63, 3.8) is 0 Å². The summed E-state index contributed by atoms with van der Waals surface area (Å²) in [4.78, 5) is 11.7. The third-order valence-corrected chi connectivity index (χ3v) is 4.50. The minimum absolute atomic E-state index is 0.0565. The highest BCUT2D eigenvalue weighted by Gasteiger charge is 2.24. The highest BCUT2D eigenvalue weighted by Crippen LogP contribution is 2.31. The standard InChI is InChI=1S/C11H11BrCl2O4S/c1-11(2,3)18-10(15)6-4-9(19(14,16)17)7(12)5-8(6)13/h4-5H,1-3H3. The molecule has 0 radical (unpaired) electrons. The maximum absolute atomic E-state index is 11.9. The Morgan fingerprint density at radius 1 is 1.32 bits per heavy atom. The van der Waals surface area contributed by atoms with Crippen molar-refractivity contribution >= 4 is 53.2 Å². The van der Waals surface area contributed by atoms with Gasteiger partial charge in [0.1, 0.15) is 5.60 Å². The average molecular weight is 390 g/mol. The molecule has 0 N–H and O–H groups in total. The molecule has 0 atom stereocenters. The SMILES string of the molecule is CC(C)(C)OC(=O)c1cc(S(=O)(=O)Cl)c(Br)cc1Cl. The van der Waals surface area contributed by atoms with Gasteiger partial charge in [-0.3, -0.25) is 0 Å². The maximum Gasteiger partial charge on any atom is 0.340 e. The summed E-state index contributed by atoms with van der Waals surface area (Å²) >= 11 is 8.93. The van der Waals surface area contributed by atoms with Gasteiger partial charge < -0.3 is 4.74 Å². The van der Waals surface area contributed by atoms with Crippen LogP contribution in [0.1, 0.15) is 31.1 Å². The molecule has 0 saturated carbocycles. The molecular formula is C11H11BrCl2O4S. The molecule has 0 aliphatic heterocycles. The smallest absolute Gasteiger partial charge is 0.340 e. The number of hydrogen-bond acceptors (Lipinski definition) is 4. The quantitative estimate of drug-likeness (QED) is 0.566. The number of esters is 1. The molecule has 0 fully saturated rings. The first-order valence-electron chi connectivity index (χ1n) is 5.09. The summed E-state index contributed by atoms with van der Waals surface area (Å²) in [6.45, 7) is 5.07. The Balaban J connectivity index is 3.34. The lowest BCUT2D eigenvalue weighted by atomic mass is 10.1. The van der Waals surface area contributed by atoms with E-state index in [1.54, 1.807) is 20.8 Å². The lowest BCUT2D eigenvalue weighted by Gasteiger charge is -2.20. The van der Waals surface area contributed by atoms with Gasteiger partial charge in [0.05, 0.1) is 15.5 Å². The van der Waals surface area contributed by atoms with E-state index < -0.39 is 20.6 Å². The lowest BCUT2D eigenvalue weighted by molar-refractivity contribution is 0.00695. The Morgan fingerprint density at radius 3 is 2.26 bits per heavy atom. The van der Waals surface area contributed by atoms with E-state index >= 15 is 0 Å². The van der Waals surface area contributed by atoms with Crippen LogP contribution < -0.4 is 0 Å². The number of rotatable bonds is 2. The van der Waals surface area contributed by atoms with Crippen molar-refractivity contribution in [1.29, 1.82) is 0 Å². The molecule has 0 bridgehead atoms. The zero-order chi connectivity index (χ0) is 15.0. The van der Waals surface area contributed by atoms with Crippen LogP contribution in [0.4, 0.5) is 0 Å². The molecule has 4 nitrogen and oxygen atoms in total. The summed E-state index contributed by atoms with van der Waals surface area (Å²) in [7, 11) is 1.28. The van der Waals surface area contributed by atoms with Gasteiger partial charge in [-0.15, -0.1) is 0 Å². The van der Waals surface area contributed by atoms with Gasteiger partial charge in [-0.25, -0.2) is 13.2 Å². The fourth-order valence-electron chi connectivity index (χ4n) is 1.21. The first-order chi connectivity index (χ1) is 8.42. The third kappa shape index (κ3) is 4.63. The second-order valence-corrected chi connectivity index (χ2v) is 8.50. The molecule has 0 spiro atoms. The normalized spacial score (nSPS) is 12.3. The molecule has 0 aromatic heterocycles. The van der Waals surface area contributed by atoms with Gasteiger partial charge in [-0.1, -0.05) is 11.6 Å². The molecule has 0 unspecified atom stereocenters. The molecule has 1 aromatic carbocycles. The van der Waals surface area contributed by atoms with Crippen LogP contribution in [0.15, 0.2) is 21.5 Å². The van der Waals surface area contributed by atoms with Crippen LogP contribution in [0.2, 0.25) is 5.02 Å². The van der Waals surface area contributed by atoms with Gasteiger partial charge in [-0.05, 0) is 48.8 Å². The molecule has 19 heavy (non-hydrogen) atoms. The Kier molecular flexibility index (Phi) is 4.93. The number of carbonyl (C=O) groups excluding carboxylic acids is 1. The zero-order valence-electron chi connectivity index (χ0n) is 10.3. The van der Waals surface area contributed by atoms with Gasteiger partial charge >= 0.3 is 5.97 Å². The second kappa shape index (κ2) is 5.60. The average Bonchev–Trinajstić information content (AvgIpc) is 2.11. The minimum Gasteiger partial charge on any atom is -0.456 e. The van der Waals surface area contributed by atoms with Crippen molar-refractivity contribution in [2.75, 3.05) is 0 Å². The highest BCUT2D eigenvalue weighted by molar-refractivity contribution is 9.10. The molecule has 1 aromatic rings. The first kappa shape index (κ1) is 16.8. The van der Waals surface area contributed by atoms with Crippen molar-refractivity contribution in [2.45, 2.75) is 31.3 Å². The number of benzene rings is 1. The van der Waals surface area contributed by atoms with Crippen LogP contribution in [0.3, 0.4) is 0 Å². The Hall–Kier alpha value is -0.300. The molecule has 0 heterocycles. The van der Waals surface area contributed by atoms with Crippen LogP contribution in [-0.2, 0) is 13.8 Å². The molecule has 0 aliphatic rings. The van der Waals surface area contributed by atoms with Crippen LogP contribution in [0.5, 0.6) is 0 Å². The van der Waals surface area contributed by atoms with E-state index in [0.29, 0.717) is 0 Å². The Morgan fingerprint density at radius 2 is 1.84 bits per heavy atom. The molecular weight excluding hydrogens is 379 g/mol. The second-order valence-electron chi connectivity index (χ2n) is 4.70. The summed E-state index contributed by atoms with van der Waals surface area (Å²) in [6, 6.07) is 2.37. The van der Waals surface area contributed by atoms with E-state index in [9.17, 15) is 13.2 Å². The van der Waals surface area contributed by atoms with Crippen LogP contribution >= 0.6 is 38.2 Å². The Labute approximate surface area is 129 Å². The molecule has 8 heteroatoms. The molecule has 0 aliphatic carbocycles. The van der Waals surface area contributed by atoms with E-state index in [1.807, 2.05) is 0 Å². The van der Waals surface area contributed by atoms with Gasteiger partial charge in [-0.2, -0.15) is 0 Å². The fourth-order valence-corrected chi connectivity index (χ4v) is 3.77. The number of ether oxygens (including phenoxy) is 1. The highest BCUT2D eigenvalue weighted by atomic mass is 79.9. The van der Waals surface area contributed by atoms with Crippen LogP contribution in [0.25, 0.3) is 0 Å². The molecule has 0 amide bonds. The summed E-state index contributed by atoms with van der Waals surface area (Å²) < 4.78 is 28.0. The van der Waals surface area contributed by atoms with E-state index in [-0.39, 0.29) is 20.0 Å². The van der Waals surface area contributed by atoms with Crippen molar-refractivity contribution in [2.24, 2.45) is 0 Å². The minimum atomic E-state index is -3.99. The van der Waals surface area contributed by atoms with Crippen LogP contribution in [0, 0.1) is 0 Å². The van der Waals surface area contributed by atoms with E-state index in [2.05, 4.69) is 15.9 Å². The van der Waals surface area contributed by atoms with Crippen LogP contribution in [-0.4, -0.2) is 20.0 Å². The first-order valence-corrected chi connectivity index (χ1v) is 8.57.